The summed E-state index contributed by atoms with van der Waals surface area (Å²) in [6.45, 7) is 0.942. The lowest BCUT2D eigenvalue weighted by molar-refractivity contribution is -0.119. The van der Waals surface area contributed by atoms with Crippen LogP contribution in [0.3, 0.4) is 0 Å². The van der Waals surface area contributed by atoms with Crippen molar-refractivity contribution in [2.24, 2.45) is 0 Å². The summed E-state index contributed by atoms with van der Waals surface area (Å²) in [6.07, 6.45) is 2.15. The number of nitrogens with zero attached hydrogens (tertiary/aromatic N) is 3. The summed E-state index contributed by atoms with van der Waals surface area (Å²) in [5, 5.41) is 14.2. The largest absolute Gasteiger partial charge is 0.467 e. The van der Waals surface area contributed by atoms with Gasteiger partial charge in [0.05, 0.1) is 17.5 Å². The Balaban J connectivity index is 1.47. The lowest BCUT2D eigenvalue weighted by Gasteiger charge is -2.29. The Labute approximate surface area is 223 Å². The smallest absolute Gasteiger partial charge is 0.257 e. The minimum atomic E-state index is -0.814. The molecule has 1 aliphatic heterocycles. The fourth-order valence-corrected chi connectivity index (χ4v) is 4.84. The molecule has 0 saturated carbocycles. The Hall–Kier alpha value is -3.92. The highest BCUT2D eigenvalue weighted by Gasteiger charge is 2.27. The number of benzene rings is 2. The molecule has 0 fully saturated rings. The molecule has 2 N–H and O–H groups in total. The molecule has 196 valence electrons. The highest BCUT2D eigenvalue weighted by molar-refractivity contribution is 6.30. The third-order valence-corrected chi connectivity index (χ3v) is 6.92. The van der Waals surface area contributed by atoms with E-state index in [1.807, 2.05) is 18.0 Å². The van der Waals surface area contributed by atoms with E-state index in [0.717, 1.165) is 11.1 Å². The van der Waals surface area contributed by atoms with Crippen LogP contribution in [0.2, 0.25) is 5.02 Å². The van der Waals surface area contributed by atoms with Crippen molar-refractivity contribution in [2.45, 2.75) is 25.7 Å². The average molecular weight is 535 g/mol. The average Bonchev–Trinajstić information content (AvgIpc) is 3.43. The van der Waals surface area contributed by atoms with Gasteiger partial charge < -0.3 is 24.3 Å². The summed E-state index contributed by atoms with van der Waals surface area (Å²) < 4.78 is 6.95. The first-order chi connectivity index (χ1) is 18.2. The van der Waals surface area contributed by atoms with Gasteiger partial charge in [0.1, 0.15) is 24.0 Å². The lowest BCUT2D eigenvalue weighted by Crippen LogP contribution is -2.37. The molecule has 0 spiro atoms. The fraction of sp³-hybridized carbons (Fsp3) is 0.250. The predicted octanol–water partition coefficient (Wildman–Crippen LogP) is 3.32. The monoisotopic (exact) mass is 534 g/mol. The number of amides is 2. The number of nitrogens with one attached hydrogen (secondary N) is 1. The van der Waals surface area contributed by atoms with E-state index in [1.165, 1.54) is 17.4 Å². The molecular formula is C28H27ClN4O5. The number of aromatic nitrogens is 1. The second-order valence-corrected chi connectivity index (χ2v) is 9.94. The van der Waals surface area contributed by atoms with E-state index in [0.29, 0.717) is 40.5 Å². The van der Waals surface area contributed by atoms with Crippen LogP contribution < -0.4 is 15.6 Å². The standard InChI is InChI=1S/C28H27ClN4O5/c1-31(15-23(34)24-4-3-9-38-24)13-18-10-20-26-22(11-18)32(2)25(35)16-33(26)14-21(27(20)36)28(37)30-12-17-5-7-19(29)8-6-17/h3-11,14,23,34H,12-13,15-16H2,1-2H3,(H,30,37)/t23-/m1/s1. The number of furan rings is 1. The SMILES string of the molecule is CN(Cc1cc2c3c(c1)c(=O)c(C(=O)NCc1ccc(Cl)cc1)cn3CC(=O)N2C)C[C@@H](O)c1ccco1. The maximum atomic E-state index is 13.6. The van der Waals surface area contributed by atoms with Crippen molar-refractivity contribution in [3.05, 3.63) is 98.7 Å². The number of carbonyl (C=O) groups is 2. The number of likely N-dealkylation sites (N-methyl/N-ethyl adjacent to an activating group) is 2. The minimum absolute atomic E-state index is 0.0202. The van der Waals surface area contributed by atoms with Gasteiger partial charge in [-0.3, -0.25) is 19.3 Å². The van der Waals surface area contributed by atoms with Gasteiger partial charge in [-0.25, -0.2) is 0 Å². The fourth-order valence-electron chi connectivity index (χ4n) is 4.72. The van der Waals surface area contributed by atoms with Crippen LogP contribution in [0.1, 0.15) is 33.3 Å². The number of rotatable bonds is 8. The third-order valence-electron chi connectivity index (χ3n) is 6.67. The van der Waals surface area contributed by atoms with E-state index >= 15 is 0 Å². The van der Waals surface area contributed by atoms with E-state index in [4.69, 9.17) is 16.0 Å². The molecule has 0 radical (unpaired) electrons. The van der Waals surface area contributed by atoms with Gasteiger partial charge in [-0.05, 0) is 54.6 Å². The second-order valence-electron chi connectivity index (χ2n) is 9.50. The Morgan fingerprint density at radius 3 is 2.66 bits per heavy atom. The molecule has 5 rings (SSSR count). The summed E-state index contributed by atoms with van der Waals surface area (Å²) in [7, 11) is 3.52. The lowest BCUT2D eigenvalue weighted by atomic mass is 10.0. The van der Waals surface area contributed by atoms with Gasteiger partial charge in [-0.2, -0.15) is 0 Å². The number of carbonyl (C=O) groups excluding carboxylic acids is 2. The number of anilines is 1. The summed E-state index contributed by atoms with van der Waals surface area (Å²) in [4.78, 5) is 42.8. The summed E-state index contributed by atoms with van der Waals surface area (Å²) in [5.41, 5.74) is 2.37. The molecule has 38 heavy (non-hydrogen) atoms. The molecule has 0 unspecified atom stereocenters. The molecule has 0 aliphatic carbocycles. The van der Waals surface area contributed by atoms with Crippen molar-refractivity contribution in [3.8, 4) is 0 Å². The topological polar surface area (TPSA) is 108 Å². The van der Waals surface area contributed by atoms with Crippen LogP contribution in [0.5, 0.6) is 0 Å². The third kappa shape index (κ3) is 5.08. The first-order valence-corrected chi connectivity index (χ1v) is 12.5. The van der Waals surface area contributed by atoms with Crippen molar-refractivity contribution in [3.63, 3.8) is 0 Å². The Morgan fingerprint density at radius 2 is 1.95 bits per heavy atom. The molecule has 1 atom stereocenters. The van der Waals surface area contributed by atoms with Crippen LogP contribution in [0.25, 0.3) is 10.9 Å². The van der Waals surface area contributed by atoms with Crippen LogP contribution in [0.4, 0.5) is 5.69 Å². The van der Waals surface area contributed by atoms with Crippen LogP contribution in [-0.2, 0) is 24.4 Å². The van der Waals surface area contributed by atoms with E-state index in [9.17, 15) is 19.5 Å². The Morgan fingerprint density at radius 1 is 1.18 bits per heavy atom. The number of hydrogen-bond donors (Lipinski definition) is 2. The van der Waals surface area contributed by atoms with E-state index in [1.54, 1.807) is 54.1 Å². The zero-order valence-electron chi connectivity index (χ0n) is 21.0. The molecular weight excluding hydrogens is 508 g/mol. The Kier molecular flexibility index (Phi) is 7.07. The quantitative estimate of drug-likeness (QED) is 0.359. The molecule has 4 aromatic rings. The number of hydrogen-bond acceptors (Lipinski definition) is 6. The van der Waals surface area contributed by atoms with Gasteiger partial charge in [0.25, 0.3) is 5.91 Å². The maximum absolute atomic E-state index is 13.6. The number of pyridine rings is 1. The van der Waals surface area contributed by atoms with Crippen LogP contribution in [0.15, 0.2) is 70.2 Å². The molecule has 2 amide bonds. The van der Waals surface area contributed by atoms with Crippen molar-refractivity contribution >= 4 is 40.0 Å². The normalized spacial score (nSPS) is 13.8. The molecule has 10 heteroatoms. The van der Waals surface area contributed by atoms with Crippen molar-refractivity contribution in [2.75, 3.05) is 25.5 Å². The summed E-state index contributed by atoms with van der Waals surface area (Å²) in [5.74, 6) is -0.214. The molecule has 9 nitrogen and oxygen atoms in total. The molecule has 2 aromatic carbocycles. The van der Waals surface area contributed by atoms with Crippen LogP contribution >= 0.6 is 11.6 Å². The van der Waals surface area contributed by atoms with E-state index in [-0.39, 0.29) is 24.6 Å². The molecule has 0 bridgehead atoms. The van der Waals surface area contributed by atoms with Crippen LogP contribution in [-0.4, -0.2) is 47.0 Å². The predicted molar refractivity (Wildman–Crippen MR) is 144 cm³/mol. The zero-order chi connectivity index (χ0) is 27.0. The first kappa shape index (κ1) is 25.7. The highest BCUT2D eigenvalue weighted by Crippen LogP contribution is 2.31. The van der Waals surface area contributed by atoms with Gasteiger partial charge in [0.2, 0.25) is 11.3 Å². The number of aliphatic hydroxyl groups excluding tert-OH is 1. The van der Waals surface area contributed by atoms with Crippen LogP contribution in [0, 0.1) is 0 Å². The van der Waals surface area contributed by atoms with Gasteiger partial charge in [-0.1, -0.05) is 23.7 Å². The van der Waals surface area contributed by atoms with Crippen molar-refractivity contribution < 1.29 is 19.1 Å². The van der Waals surface area contributed by atoms with Gasteiger partial charge >= 0.3 is 0 Å². The summed E-state index contributed by atoms with van der Waals surface area (Å²) >= 11 is 5.93. The van der Waals surface area contributed by atoms with Crippen molar-refractivity contribution in [1.29, 1.82) is 0 Å². The van der Waals surface area contributed by atoms with Crippen molar-refractivity contribution in [1.82, 2.24) is 14.8 Å². The highest BCUT2D eigenvalue weighted by atomic mass is 35.5. The maximum Gasteiger partial charge on any atom is 0.257 e. The Bertz CT molecular complexity index is 1560. The number of aliphatic hydroxyl groups is 1. The molecule has 0 saturated heterocycles. The minimum Gasteiger partial charge on any atom is -0.467 e. The zero-order valence-corrected chi connectivity index (χ0v) is 21.7. The van der Waals surface area contributed by atoms with Gasteiger partial charge in [0, 0.05) is 43.3 Å². The second kappa shape index (κ2) is 10.4. The van der Waals surface area contributed by atoms with E-state index in [2.05, 4.69) is 5.32 Å². The van der Waals surface area contributed by atoms with Gasteiger partial charge in [0.15, 0.2) is 0 Å². The summed E-state index contributed by atoms with van der Waals surface area (Å²) in [6, 6.07) is 14.1. The molecule has 3 heterocycles. The van der Waals surface area contributed by atoms with Gasteiger partial charge in [-0.15, -0.1) is 0 Å². The molecule has 2 aromatic heterocycles. The molecule has 1 aliphatic rings. The first-order valence-electron chi connectivity index (χ1n) is 12.1. The number of halogens is 1. The van der Waals surface area contributed by atoms with E-state index < -0.39 is 17.4 Å².